The Bertz CT molecular complexity index is 1190. The van der Waals surface area contributed by atoms with Crippen molar-refractivity contribution in [1.29, 1.82) is 0 Å². The van der Waals surface area contributed by atoms with Crippen LogP contribution in [0.3, 0.4) is 0 Å². The summed E-state index contributed by atoms with van der Waals surface area (Å²) in [4.78, 5) is 29.7. The molecule has 7 nitrogen and oxygen atoms in total. The number of amides is 2. The van der Waals surface area contributed by atoms with Gasteiger partial charge in [-0.1, -0.05) is 48.8 Å². The number of anilines is 2. The second-order valence-electron chi connectivity index (χ2n) is 8.98. The van der Waals surface area contributed by atoms with Crippen LogP contribution in [-0.2, 0) is 9.59 Å². The minimum absolute atomic E-state index is 0.137. The van der Waals surface area contributed by atoms with Crippen LogP contribution in [0.25, 0.3) is 10.2 Å². The van der Waals surface area contributed by atoms with Crippen molar-refractivity contribution >= 4 is 44.2 Å². The molecule has 1 heterocycles. The van der Waals surface area contributed by atoms with Crippen molar-refractivity contribution in [3.05, 3.63) is 48.5 Å². The van der Waals surface area contributed by atoms with Crippen LogP contribution in [0.4, 0.5) is 24.0 Å². The number of nitrogens with one attached hydrogen (secondary N) is 3. The predicted octanol–water partition coefficient (Wildman–Crippen LogP) is 5.70. The third kappa shape index (κ3) is 7.33. The molecule has 0 unspecified atom stereocenters. The second kappa shape index (κ2) is 11.2. The Morgan fingerprint density at radius 1 is 1.03 bits per heavy atom. The summed E-state index contributed by atoms with van der Waals surface area (Å²) in [7, 11) is 0. The van der Waals surface area contributed by atoms with Gasteiger partial charge < -0.3 is 20.7 Å². The Labute approximate surface area is 210 Å². The fraction of sp³-hybridized carbons (Fsp3) is 0.400. The third-order valence-corrected chi connectivity index (χ3v) is 7.11. The monoisotopic (exact) mass is 520 g/mol. The molecule has 2 amide bonds. The standard InChI is InChI=1S/C25H27F3N4O3S/c26-25(27,28)35-18-9-10-19-20(13-18)36-23(31-19)32-21(33)14-24(11-5-2-6-12-24)16-30-22(34)15-29-17-7-3-1-4-8-17/h1,3-4,7-10,13,29H,2,5-6,11-12,14-16H2,(H,30,34)(H,31,32,33). The molecule has 1 saturated carbocycles. The zero-order valence-electron chi connectivity index (χ0n) is 19.5. The van der Waals surface area contributed by atoms with Crippen molar-refractivity contribution in [2.75, 3.05) is 23.7 Å². The quantitative estimate of drug-likeness (QED) is 0.337. The molecule has 4 rings (SSSR count). The molecule has 1 aromatic heterocycles. The largest absolute Gasteiger partial charge is 0.573 e. The van der Waals surface area contributed by atoms with Crippen LogP contribution in [-0.4, -0.2) is 36.3 Å². The number of carbonyl (C=O) groups is 2. The highest BCUT2D eigenvalue weighted by molar-refractivity contribution is 7.22. The summed E-state index contributed by atoms with van der Waals surface area (Å²) >= 11 is 1.08. The number of thiazole rings is 1. The fourth-order valence-electron chi connectivity index (χ4n) is 4.46. The van der Waals surface area contributed by atoms with E-state index < -0.39 is 6.36 Å². The van der Waals surface area contributed by atoms with E-state index in [1.54, 1.807) is 0 Å². The van der Waals surface area contributed by atoms with Crippen molar-refractivity contribution < 1.29 is 27.5 Å². The first-order valence-electron chi connectivity index (χ1n) is 11.7. The molecular formula is C25H27F3N4O3S. The van der Waals surface area contributed by atoms with Gasteiger partial charge in [-0.25, -0.2) is 4.98 Å². The first-order valence-corrected chi connectivity index (χ1v) is 12.5. The average Bonchev–Trinajstić information content (AvgIpc) is 3.23. The van der Waals surface area contributed by atoms with Gasteiger partial charge >= 0.3 is 6.36 Å². The van der Waals surface area contributed by atoms with Crippen molar-refractivity contribution in [2.45, 2.75) is 44.9 Å². The molecule has 11 heteroatoms. The van der Waals surface area contributed by atoms with Gasteiger partial charge in [0.05, 0.1) is 16.8 Å². The number of hydrogen-bond donors (Lipinski definition) is 3. The number of carbonyl (C=O) groups excluding carboxylic acids is 2. The van der Waals surface area contributed by atoms with Gasteiger partial charge in [0, 0.05) is 24.7 Å². The minimum Gasteiger partial charge on any atom is -0.406 e. The molecule has 0 atom stereocenters. The second-order valence-corrected chi connectivity index (χ2v) is 10.0. The zero-order chi connectivity index (χ0) is 25.6. The van der Waals surface area contributed by atoms with Crippen LogP contribution in [0, 0.1) is 5.41 Å². The number of para-hydroxylation sites is 1. The van der Waals surface area contributed by atoms with Gasteiger partial charge in [-0.2, -0.15) is 0 Å². The number of benzene rings is 2. The molecule has 2 aromatic carbocycles. The molecule has 0 radical (unpaired) electrons. The average molecular weight is 521 g/mol. The van der Waals surface area contributed by atoms with Gasteiger partial charge in [-0.15, -0.1) is 13.2 Å². The van der Waals surface area contributed by atoms with Crippen LogP contribution in [0.15, 0.2) is 48.5 Å². The maximum atomic E-state index is 12.9. The van der Waals surface area contributed by atoms with Gasteiger partial charge in [0.15, 0.2) is 5.13 Å². The van der Waals surface area contributed by atoms with E-state index in [0.29, 0.717) is 21.9 Å². The summed E-state index contributed by atoms with van der Waals surface area (Å²) in [6.45, 7) is 0.533. The molecule has 3 N–H and O–H groups in total. The molecule has 1 fully saturated rings. The number of fused-ring (bicyclic) bond motifs is 1. The highest BCUT2D eigenvalue weighted by Gasteiger charge is 2.35. The lowest BCUT2D eigenvalue weighted by Crippen LogP contribution is -2.42. The Morgan fingerprint density at radius 2 is 1.78 bits per heavy atom. The van der Waals surface area contributed by atoms with Crippen LogP contribution in [0.5, 0.6) is 5.75 Å². The van der Waals surface area contributed by atoms with E-state index in [1.807, 2.05) is 30.3 Å². The van der Waals surface area contributed by atoms with E-state index in [2.05, 4.69) is 25.7 Å². The van der Waals surface area contributed by atoms with Gasteiger partial charge in [0.25, 0.3) is 0 Å². The molecule has 36 heavy (non-hydrogen) atoms. The third-order valence-electron chi connectivity index (χ3n) is 6.18. The number of ether oxygens (including phenoxy) is 1. The number of nitrogens with zero attached hydrogens (tertiary/aromatic N) is 1. The molecule has 1 aliphatic rings. The molecule has 192 valence electrons. The molecule has 0 bridgehead atoms. The van der Waals surface area contributed by atoms with Gasteiger partial charge in [0.1, 0.15) is 5.75 Å². The van der Waals surface area contributed by atoms with E-state index >= 15 is 0 Å². The lowest BCUT2D eigenvalue weighted by molar-refractivity contribution is -0.274. The topological polar surface area (TPSA) is 92.4 Å². The molecular weight excluding hydrogens is 493 g/mol. The van der Waals surface area contributed by atoms with E-state index in [4.69, 9.17) is 0 Å². The predicted molar refractivity (Wildman–Crippen MR) is 133 cm³/mol. The molecule has 3 aromatic rings. The van der Waals surface area contributed by atoms with Crippen molar-refractivity contribution in [3.63, 3.8) is 0 Å². The van der Waals surface area contributed by atoms with E-state index in [9.17, 15) is 22.8 Å². The number of aromatic nitrogens is 1. The zero-order valence-corrected chi connectivity index (χ0v) is 20.3. The summed E-state index contributed by atoms with van der Waals surface area (Å²) in [5, 5.41) is 9.15. The lowest BCUT2D eigenvalue weighted by Gasteiger charge is -2.37. The Balaban J connectivity index is 1.35. The van der Waals surface area contributed by atoms with E-state index in [-0.39, 0.29) is 35.9 Å². The van der Waals surface area contributed by atoms with Crippen molar-refractivity contribution in [3.8, 4) is 5.75 Å². The van der Waals surface area contributed by atoms with E-state index in [0.717, 1.165) is 49.1 Å². The van der Waals surface area contributed by atoms with Crippen LogP contribution in [0.1, 0.15) is 38.5 Å². The van der Waals surface area contributed by atoms with Crippen LogP contribution in [0.2, 0.25) is 0 Å². The smallest absolute Gasteiger partial charge is 0.406 e. The normalized spacial score (nSPS) is 15.3. The fourth-order valence-corrected chi connectivity index (χ4v) is 5.37. The first-order chi connectivity index (χ1) is 17.2. The maximum Gasteiger partial charge on any atom is 0.573 e. The Hall–Kier alpha value is -3.34. The molecule has 1 aliphatic carbocycles. The summed E-state index contributed by atoms with van der Waals surface area (Å²) in [6.07, 6.45) is 0.139. The highest BCUT2D eigenvalue weighted by Crippen LogP contribution is 2.39. The number of hydrogen-bond acceptors (Lipinski definition) is 6. The first kappa shape index (κ1) is 25.7. The number of halogens is 3. The molecule has 0 saturated heterocycles. The number of alkyl halides is 3. The maximum absolute atomic E-state index is 12.9. The summed E-state index contributed by atoms with van der Waals surface area (Å²) < 4.78 is 41.9. The van der Waals surface area contributed by atoms with Crippen LogP contribution >= 0.6 is 11.3 Å². The van der Waals surface area contributed by atoms with Crippen molar-refractivity contribution in [2.24, 2.45) is 5.41 Å². The Kier molecular flexibility index (Phi) is 7.97. The van der Waals surface area contributed by atoms with Gasteiger partial charge in [0.2, 0.25) is 11.8 Å². The van der Waals surface area contributed by atoms with Gasteiger partial charge in [-0.05, 0) is 42.5 Å². The number of rotatable bonds is 9. The van der Waals surface area contributed by atoms with Crippen LogP contribution < -0.4 is 20.7 Å². The highest BCUT2D eigenvalue weighted by atomic mass is 32.1. The summed E-state index contributed by atoms with van der Waals surface area (Å²) in [5.41, 5.74) is 0.970. The summed E-state index contributed by atoms with van der Waals surface area (Å²) in [6, 6.07) is 13.3. The summed E-state index contributed by atoms with van der Waals surface area (Å²) in [5.74, 6) is -0.721. The molecule has 0 spiro atoms. The molecule has 0 aliphatic heterocycles. The SMILES string of the molecule is O=C(CNc1ccccc1)NCC1(CC(=O)Nc2nc3ccc(OC(F)(F)F)cc3s2)CCCCC1. The van der Waals surface area contributed by atoms with Crippen molar-refractivity contribution in [1.82, 2.24) is 10.3 Å². The minimum atomic E-state index is -4.78. The Morgan fingerprint density at radius 3 is 2.50 bits per heavy atom. The lowest BCUT2D eigenvalue weighted by atomic mass is 9.71. The van der Waals surface area contributed by atoms with Gasteiger partial charge in [-0.3, -0.25) is 9.59 Å². The van der Waals surface area contributed by atoms with E-state index in [1.165, 1.54) is 18.2 Å².